The molecule has 2 rings (SSSR count). The first-order chi connectivity index (χ1) is 18.0. The Morgan fingerprint density at radius 2 is 1.00 bits per heavy atom. The van der Waals surface area contributed by atoms with Crippen LogP contribution in [0.15, 0.2) is 48.5 Å². The summed E-state index contributed by atoms with van der Waals surface area (Å²) < 4.78 is 22.3. The summed E-state index contributed by atoms with van der Waals surface area (Å²) in [6.07, 6.45) is 11.8. The molecule has 0 fully saturated rings. The smallest absolute Gasteiger partial charge is 0.314 e. The van der Waals surface area contributed by atoms with Gasteiger partial charge in [-0.1, -0.05) is 72.1 Å². The van der Waals surface area contributed by atoms with Crippen molar-refractivity contribution < 1.29 is 28.5 Å². The molecule has 0 aliphatic rings. The summed E-state index contributed by atoms with van der Waals surface area (Å²) in [6, 6.07) is 13.9. The van der Waals surface area contributed by atoms with Crippen molar-refractivity contribution in [3.63, 3.8) is 0 Å². The summed E-state index contributed by atoms with van der Waals surface area (Å²) in [5, 5.41) is 0. The van der Waals surface area contributed by atoms with Crippen molar-refractivity contribution >= 4 is 11.9 Å². The molecule has 0 heterocycles. The first-order valence-corrected chi connectivity index (χ1v) is 13.9. The molecule has 37 heavy (non-hydrogen) atoms. The highest BCUT2D eigenvalue weighted by atomic mass is 16.5. The Morgan fingerprint density at radius 3 is 1.46 bits per heavy atom. The van der Waals surface area contributed by atoms with Crippen molar-refractivity contribution in [2.45, 2.75) is 91.4 Å². The minimum atomic E-state index is -0.637. The number of hydrogen-bond acceptors (Lipinski definition) is 6. The molecule has 0 amide bonds. The Kier molecular flexibility index (Phi) is 14.9. The SMILES string of the molecule is CCCCCCCOc1ccc(OC(=O)CC(C)C(=O)Oc2ccc(OCCCCCCC)cc2)cc1. The van der Waals surface area contributed by atoms with E-state index in [4.69, 9.17) is 18.9 Å². The van der Waals surface area contributed by atoms with E-state index in [0.29, 0.717) is 24.7 Å². The maximum absolute atomic E-state index is 12.4. The van der Waals surface area contributed by atoms with Gasteiger partial charge in [0.1, 0.15) is 23.0 Å². The fraction of sp³-hybridized carbons (Fsp3) is 0.548. The van der Waals surface area contributed by atoms with Crippen molar-refractivity contribution in [2.75, 3.05) is 13.2 Å². The normalized spacial score (nSPS) is 11.5. The van der Waals surface area contributed by atoms with Crippen LogP contribution in [0.3, 0.4) is 0 Å². The summed E-state index contributed by atoms with van der Waals surface area (Å²) >= 11 is 0. The van der Waals surface area contributed by atoms with Gasteiger partial charge in [-0.2, -0.15) is 0 Å². The highest BCUT2D eigenvalue weighted by Gasteiger charge is 2.20. The molecule has 0 aromatic heterocycles. The third-order valence-corrected chi connectivity index (χ3v) is 6.01. The topological polar surface area (TPSA) is 71.1 Å². The summed E-state index contributed by atoms with van der Waals surface area (Å²) in [4.78, 5) is 24.7. The standard InChI is InChI=1S/C31H44O6/c1-4-6-8-10-12-22-34-26-14-18-28(19-15-26)36-30(32)24-25(3)31(33)37-29-20-16-27(17-21-29)35-23-13-11-9-7-5-2/h14-21,25H,4-13,22-24H2,1-3H3. The van der Waals surface area contributed by atoms with E-state index in [-0.39, 0.29) is 6.42 Å². The molecule has 0 aliphatic carbocycles. The molecule has 1 unspecified atom stereocenters. The van der Waals surface area contributed by atoms with Crippen molar-refractivity contribution in [1.82, 2.24) is 0 Å². The molecule has 0 N–H and O–H groups in total. The monoisotopic (exact) mass is 512 g/mol. The fourth-order valence-electron chi connectivity index (χ4n) is 3.72. The molecule has 0 saturated heterocycles. The van der Waals surface area contributed by atoms with Crippen LogP contribution in [0.1, 0.15) is 91.4 Å². The highest BCUT2D eigenvalue weighted by Crippen LogP contribution is 2.21. The van der Waals surface area contributed by atoms with Crippen LogP contribution in [-0.4, -0.2) is 25.2 Å². The number of carbonyl (C=O) groups is 2. The summed E-state index contributed by atoms with van der Waals surface area (Å²) in [5.41, 5.74) is 0. The molecular formula is C31H44O6. The van der Waals surface area contributed by atoms with Crippen LogP contribution in [0.4, 0.5) is 0 Å². The van der Waals surface area contributed by atoms with Gasteiger partial charge in [0, 0.05) is 0 Å². The second-order valence-electron chi connectivity index (χ2n) is 9.47. The molecule has 6 nitrogen and oxygen atoms in total. The van der Waals surface area contributed by atoms with Crippen LogP contribution in [0.2, 0.25) is 0 Å². The van der Waals surface area contributed by atoms with Crippen LogP contribution in [0.5, 0.6) is 23.0 Å². The first kappa shape index (κ1) is 30.2. The summed E-state index contributed by atoms with van der Waals surface area (Å²) in [6.45, 7) is 7.40. The van der Waals surface area contributed by atoms with Crippen LogP contribution in [-0.2, 0) is 9.59 Å². The minimum Gasteiger partial charge on any atom is -0.494 e. The zero-order valence-electron chi connectivity index (χ0n) is 22.8. The van der Waals surface area contributed by atoms with Crippen molar-refractivity contribution in [1.29, 1.82) is 0 Å². The van der Waals surface area contributed by atoms with Crippen LogP contribution in [0.25, 0.3) is 0 Å². The Bertz CT molecular complexity index is 891. The number of hydrogen-bond donors (Lipinski definition) is 0. The van der Waals surface area contributed by atoms with Crippen molar-refractivity contribution in [3.8, 4) is 23.0 Å². The second kappa shape index (κ2) is 18.3. The van der Waals surface area contributed by atoms with Gasteiger partial charge in [-0.3, -0.25) is 9.59 Å². The third-order valence-electron chi connectivity index (χ3n) is 6.01. The number of rotatable bonds is 19. The molecule has 204 valence electrons. The lowest BCUT2D eigenvalue weighted by Gasteiger charge is -2.12. The number of benzene rings is 2. The molecule has 2 aromatic carbocycles. The molecule has 0 aliphatic heterocycles. The fourth-order valence-corrected chi connectivity index (χ4v) is 3.72. The third kappa shape index (κ3) is 13.2. The highest BCUT2D eigenvalue weighted by molar-refractivity contribution is 5.82. The largest absolute Gasteiger partial charge is 0.494 e. The van der Waals surface area contributed by atoms with E-state index in [1.807, 2.05) is 0 Å². The van der Waals surface area contributed by atoms with Crippen LogP contribution < -0.4 is 18.9 Å². The minimum absolute atomic E-state index is 0.0753. The first-order valence-electron chi connectivity index (χ1n) is 13.9. The van der Waals surface area contributed by atoms with Gasteiger partial charge in [0.25, 0.3) is 0 Å². The quantitative estimate of drug-likeness (QED) is 0.108. The molecule has 0 spiro atoms. The van der Waals surface area contributed by atoms with E-state index in [9.17, 15) is 9.59 Å². The Balaban J connectivity index is 1.67. The Labute approximate surface area is 222 Å². The number of ether oxygens (including phenoxy) is 4. The van der Waals surface area contributed by atoms with Gasteiger partial charge in [-0.25, -0.2) is 0 Å². The van der Waals surface area contributed by atoms with Gasteiger partial charge in [-0.05, 0) is 61.4 Å². The molecule has 0 radical (unpaired) electrons. The van der Waals surface area contributed by atoms with Gasteiger partial charge >= 0.3 is 11.9 Å². The average Bonchev–Trinajstić information content (AvgIpc) is 2.90. The Hall–Kier alpha value is -3.02. The number of esters is 2. The van der Waals surface area contributed by atoms with Gasteiger partial charge < -0.3 is 18.9 Å². The van der Waals surface area contributed by atoms with Gasteiger partial charge in [0.2, 0.25) is 0 Å². The van der Waals surface area contributed by atoms with Crippen LogP contribution in [0, 0.1) is 5.92 Å². The maximum Gasteiger partial charge on any atom is 0.314 e. The zero-order chi connectivity index (χ0) is 26.7. The molecule has 0 bridgehead atoms. The Morgan fingerprint density at radius 1 is 0.595 bits per heavy atom. The van der Waals surface area contributed by atoms with E-state index in [1.165, 1.54) is 51.4 Å². The van der Waals surface area contributed by atoms with Gasteiger partial charge in [-0.15, -0.1) is 0 Å². The van der Waals surface area contributed by atoms with E-state index in [0.717, 1.165) is 24.3 Å². The lowest BCUT2D eigenvalue weighted by Crippen LogP contribution is -2.22. The van der Waals surface area contributed by atoms with Crippen molar-refractivity contribution in [2.24, 2.45) is 5.92 Å². The predicted octanol–water partition coefficient (Wildman–Crippen LogP) is 7.92. The molecule has 0 saturated carbocycles. The zero-order valence-corrected chi connectivity index (χ0v) is 22.8. The van der Waals surface area contributed by atoms with E-state index in [1.54, 1.807) is 55.5 Å². The molecule has 6 heteroatoms. The van der Waals surface area contributed by atoms with E-state index >= 15 is 0 Å². The predicted molar refractivity (Wildman–Crippen MR) is 146 cm³/mol. The maximum atomic E-state index is 12.4. The second-order valence-corrected chi connectivity index (χ2v) is 9.47. The van der Waals surface area contributed by atoms with E-state index in [2.05, 4.69) is 13.8 Å². The molecular weight excluding hydrogens is 468 g/mol. The average molecular weight is 513 g/mol. The number of carbonyl (C=O) groups excluding carboxylic acids is 2. The lowest BCUT2D eigenvalue weighted by atomic mass is 10.1. The van der Waals surface area contributed by atoms with Gasteiger partial charge in [0.05, 0.1) is 25.6 Å². The molecule has 1 atom stereocenters. The van der Waals surface area contributed by atoms with E-state index < -0.39 is 17.9 Å². The van der Waals surface area contributed by atoms with Gasteiger partial charge in [0.15, 0.2) is 0 Å². The lowest BCUT2D eigenvalue weighted by molar-refractivity contribution is -0.144. The summed E-state index contributed by atoms with van der Waals surface area (Å²) in [7, 11) is 0. The summed E-state index contributed by atoms with van der Waals surface area (Å²) in [5.74, 6) is 0.719. The van der Waals surface area contributed by atoms with Crippen LogP contribution >= 0.6 is 0 Å². The van der Waals surface area contributed by atoms with Crippen molar-refractivity contribution in [3.05, 3.63) is 48.5 Å². The molecule has 2 aromatic rings. The number of unbranched alkanes of at least 4 members (excludes halogenated alkanes) is 8.